The summed E-state index contributed by atoms with van der Waals surface area (Å²) in [5, 5.41) is 3.30. The molecule has 0 aromatic carbocycles. The summed E-state index contributed by atoms with van der Waals surface area (Å²) in [5.74, 6) is 1.69. The summed E-state index contributed by atoms with van der Waals surface area (Å²) < 4.78 is 5.52. The molecule has 2 aliphatic rings. The van der Waals surface area contributed by atoms with E-state index in [1.807, 2.05) is 7.11 Å². The van der Waals surface area contributed by atoms with E-state index in [1.165, 1.54) is 32.4 Å². The number of hydrogen-bond donors (Lipinski definition) is 1. The molecule has 0 spiro atoms. The molecule has 2 heteroatoms. The Morgan fingerprint density at radius 3 is 2.27 bits per heavy atom. The highest BCUT2D eigenvalue weighted by Crippen LogP contribution is 2.35. The predicted molar refractivity (Wildman–Crippen MR) is 44.5 cm³/mol. The lowest BCUT2D eigenvalue weighted by Gasteiger charge is -2.41. The Morgan fingerprint density at radius 2 is 2.00 bits per heavy atom. The Labute approximate surface area is 68.3 Å². The first-order valence-electron chi connectivity index (χ1n) is 4.65. The first-order chi connectivity index (χ1) is 5.42. The molecule has 0 amide bonds. The van der Waals surface area contributed by atoms with Gasteiger partial charge in [0, 0.05) is 26.1 Å². The fourth-order valence-electron chi connectivity index (χ4n) is 2.08. The van der Waals surface area contributed by atoms with E-state index in [-0.39, 0.29) is 0 Å². The smallest absolute Gasteiger partial charge is 0.0651 e. The molecule has 2 rings (SSSR count). The Bertz CT molecular complexity index is 116. The van der Waals surface area contributed by atoms with Gasteiger partial charge in [-0.3, -0.25) is 0 Å². The van der Waals surface area contributed by atoms with Crippen LogP contribution >= 0.6 is 0 Å². The molecule has 1 N–H and O–H groups in total. The van der Waals surface area contributed by atoms with Crippen LogP contribution in [0.4, 0.5) is 0 Å². The van der Waals surface area contributed by atoms with Gasteiger partial charge in [-0.1, -0.05) is 6.42 Å². The molecule has 1 saturated heterocycles. The molecule has 1 heterocycles. The van der Waals surface area contributed by atoms with E-state index in [2.05, 4.69) is 5.32 Å². The highest BCUT2D eigenvalue weighted by Gasteiger charge is 2.35. The molecule has 1 saturated carbocycles. The summed E-state index contributed by atoms with van der Waals surface area (Å²) >= 11 is 0. The third-order valence-corrected chi connectivity index (χ3v) is 3.16. The zero-order chi connectivity index (χ0) is 7.68. The van der Waals surface area contributed by atoms with E-state index in [1.54, 1.807) is 0 Å². The second-order valence-electron chi connectivity index (χ2n) is 3.81. The van der Waals surface area contributed by atoms with Crippen molar-refractivity contribution in [2.75, 3.05) is 20.2 Å². The molecule has 1 atom stereocenters. The number of nitrogens with one attached hydrogen (secondary N) is 1. The topological polar surface area (TPSA) is 21.3 Å². The molecule has 0 aromatic rings. The van der Waals surface area contributed by atoms with E-state index >= 15 is 0 Å². The highest BCUT2D eigenvalue weighted by atomic mass is 16.5. The first kappa shape index (κ1) is 7.56. The summed E-state index contributed by atoms with van der Waals surface area (Å²) in [6.45, 7) is 2.35. The third-order valence-electron chi connectivity index (χ3n) is 3.16. The van der Waals surface area contributed by atoms with E-state index in [4.69, 9.17) is 4.74 Å². The summed E-state index contributed by atoms with van der Waals surface area (Å²) in [6.07, 6.45) is 4.78. The molecule has 0 bridgehead atoms. The van der Waals surface area contributed by atoms with Gasteiger partial charge in [0.1, 0.15) is 0 Å². The molecule has 2 fully saturated rings. The van der Waals surface area contributed by atoms with Crippen molar-refractivity contribution in [3.05, 3.63) is 0 Å². The standard InChI is InChI=1S/C9H17NO/c1-11-9(7-3-2-4-7)8-5-10-6-8/h7-10H,2-6H2,1H3. The van der Waals surface area contributed by atoms with Gasteiger partial charge >= 0.3 is 0 Å². The monoisotopic (exact) mass is 155 g/mol. The fraction of sp³-hybridized carbons (Fsp3) is 1.00. The lowest BCUT2D eigenvalue weighted by Crippen LogP contribution is -2.52. The number of ether oxygens (including phenoxy) is 1. The molecule has 1 unspecified atom stereocenters. The van der Waals surface area contributed by atoms with Crippen LogP contribution in [0.3, 0.4) is 0 Å². The molecule has 1 aliphatic carbocycles. The van der Waals surface area contributed by atoms with Crippen LogP contribution in [0.5, 0.6) is 0 Å². The Kier molecular flexibility index (Phi) is 2.14. The van der Waals surface area contributed by atoms with Crippen molar-refractivity contribution < 1.29 is 4.74 Å². The van der Waals surface area contributed by atoms with Crippen LogP contribution in [0.25, 0.3) is 0 Å². The van der Waals surface area contributed by atoms with E-state index in [9.17, 15) is 0 Å². The van der Waals surface area contributed by atoms with Crippen molar-refractivity contribution in [3.63, 3.8) is 0 Å². The highest BCUT2D eigenvalue weighted by molar-refractivity contribution is 4.89. The molecule has 0 radical (unpaired) electrons. The van der Waals surface area contributed by atoms with Crippen molar-refractivity contribution in [3.8, 4) is 0 Å². The minimum Gasteiger partial charge on any atom is -0.381 e. The molecule has 1 aliphatic heterocycles. The zero-order valence-corrected chi connectivity index (χ0v) is 7.18. The Morgan fingerprint density at radius 1 is 1.27 bits per heavy atom. The quantitative estimate of drug-likeness (QED) is 0.657. The maximum absolute atomic E-state index is 5.52. The fourth-order valence-corrected chi connectivity index (χ4v) is 2.08. The van der Waals surface area contributed by atoms with Crippen molar-refractivity contribution >= 4 is 0 Å². The summed E-state index contributed by atoms with van der Waals surface area (Å²) in [7, 11) is 1.86. The van der Waals surface area contributed by atoms with Crippen molar-refractivity contribution in [1.82, 2.24) is 5.32 Å². The normalized spacial score (nSPS) is 29.2. The summed E-state index contributed by atoms with van der Waals surface area (Å²) in [6, 6.07) is 0. The number of rotatable bonds is 3. The van der Waals surface area contributed by atoms with Crippen LogP contribution < -0.4 is 5.32 Å². The summed E-state index contributed by atoms with van der Waals surface area (Å²) in [4.78, 5) is 0. The van der Waals surface area contributed by atoms with Crippen molar-refractivity contribution in [2.24, 2.45) is 11.8 Å². The molecular formula is C9H17NO. The average Bonchev–Trinajstić information content (AvgIpc) is 1.78. The minimum absolute atomic E-state index is 0.560. The first-order valence-corrected chi connectivity index (χ1v) is 4.65. The average molecular weight is 155 g/mol. The van der Waals surface area contributed by atoms with Gasteiger partial charge in [0.25, 0.3) is 0 Å². The van der Waals surface area contributed by atoms with Gasteiger partial charge in [-0.15, -0.1) is 0 Å². The molecule has 2 nitrogen and oxygen atoms in total. The lowest BCUT2D eigenvalue weighted by atomic mass is 9.75. The molecule has 0 aromatic heterocycles. The largest absolute Gasteiger partial charge is 0.381 e. The van der Waals surface area contributed by atoms with Gasteiger partial charge in [0.15, 0.2) is 0 Å². The van der Waals surface area contributed by atoms with E-state index < -0.39 is 0 Å². The van der Waals surface area contributed by atoms with Crippen LogP contribution in [0.1, 0.15) is 19.3 Å². The third kappa shape index (κ3) is 1.30. The van der Waals surface area contributed by atoms with Gasteiger partial charge in [0.05, 0.1) is 6.10 Å². The maximum Gasteiger partial charge on any atom is 0.0651 e. The van der Waals surface area contributed by atoms with Crippen LogP contribution in [-0.4, -0.2) is 26.3 Å². The van der Waals surface area contributed by atoms with Crippen LogP contribution in [0.15, 0.2) is 0 Å². The van der Waals surface area contributed by atoms with Gasteiger partial charge in [0.2, 0.25) is 0 Å². The Hall–Kier alpha value is -0.0800. The second kappa shape index (κ2) is 3.11. The van der Waals surface area contributed by atoms with Crippen LogP contribution in [-0.2, 0) is 4.74 Å². The van der Waals surface area contributed by atoms with E-state index in [0.29, 0.717) is 6.10 Å². The second-order valence-corrected chi connectivity index (χ2v) is 3.81. The van der Waals surface area contributed by atoms with Crippen molar-refractivity contribution in [2.45, 2.75) is 25.4 Å². The molecule has 64 valence electrons. The number of hydrogen-bond acceptors (Lipinski definition) is 2. The Balaban J connectivity index is 1.83. The van der Waals surface area contributed by atoms with E-state index in [0.717, 1.165) is 11.8 Å². The van der Waals surface area contributed by atoms with Gasteiger partial charge in [-0.05, 0) is 18.8 Å². The van der Waals surface area contributed by atoms with Gasteiger partial charge in [-0.2, -0.15) is 0 Å². The minimum atomic E-state index is 0.560. The predicted octanol–water partition coefficient (Wildman–Crippen LogP) is 1.02. The van der Waals surface area contributed by atoms with Crippen LogP contribution in [0.2, 0.25) is 0 Å². The summed E-state index contributed by atoms with van der Waals surface area (Å²) in [5.41, 5.74) is 0. The SMILES string of the molecule is COC(C1CCC1)C1CNC1. The lowest BCUT2D eigenvalue weighted by molar-refractivity contribution is -0.0367. The van der Waals surface area contributed by atoms with Crippen molar-refractivity contribution in [1.29, 1.82) is 0 Å². The number of methoxy groups -OCH3 is 1. The van der Waals surface area contributed by atoms with Gasteiger partial charge in [-0.25, -0.2) is 0 Å². The molecular weight excluding hydrogens is 138 g/mol. The van der Waals surface area contributed by atoms with Gasteiger partial charge < -0.3 is 10.1 Å². The maximum atomic E-state index is 5.52. The molecule has 11 heavy (non-hydrogen) atoms. The van der Waals surface area contributed by atoms with Crippen LogP contribution in [0, 0.1) is 11.8 Å². The zero-order valence-electron chi connectivity index (χ0n) is 7.18.